The van der Waals surface area contributed by atoms with Gasteiger partial charge in [0.15, 0.2) is 17.4 Å². The van der Waals surface area contributed by atoms with Gasteiger partial charge in [-0.05, 0) is 28.7 Å². The standard InChI is InChI=1S/C10H6F2INO2/c11-6-2-8(13)9(3-7(6)12)14-4-5(15)1-10(14)16/h2-3H,1,4H2. The van der Waals surface area contributed by atoms with Gasteiger partial charge in [-0.3, -0.25) is 9.59 Å². The first-order chi connectivity index (χ1) is 7.49. The minimum Gasteiger partial charge on any atom is -0.303 e. The third-order valence-electron chi connectivity index (χ3n) is 2.26. The van der Waals surface area contributed by atoms with Gasteiger partial charge in [0.05, 0.1) is 18.7 Å². The highest BCUT2D eigenvalue weighted by atomic mass is 127. The number of halogens is 3. The Balaban J connectivity index is 2.45. The van der Waals surface area contributed by atoms with Crippen LogP contribution in [0.1, 0.15) is 6.42 Å². The molecule has 16 heavy (non-hydrogen) atoms. The molecule has 1 aromatic rings. The Labute approximate surface area is 104 Å². The molecule has 1 aromatic carbocycles. The van der Waals surface area contributed by atoms with Crippen molar-refractivity contribution in [2.75, 3.05) is 11.4 Å². The zero-order valence-electron chi connectivity index (χ0n) is 7.97. The third-order valence-corrected chi connectivity index (χ3v) is 3.13. The van der Waals surface area contributed by atoms with Crippen LogP contribution in [-0.4, -0.2) is 18.2 Å². The molecular weight excluding hydrogens is 331 g/mol. The number of Topliss-reactive ketones (excluding diaryl/α,β-unsaturated/α-hetero) is 1. The van der Waals surface area contributed by atoms with Gasteiger partial charge in [0.25, 0.3) is 0 Å². The van der Waals surface area contributed by atoms with E-state index in [1.807, 2.05) is 0 Å². The second-order valence-corrected chi connectivity index (χ2v) is 4.58. The molecular formula is C10H6F2INO2. The Kier molecular flexibility index (Phi) is 2.92. The van der Waals surface area contributed by atoms with Crippen molar-refractivity contribution in [3.05, 3.63) is 27.3 Å². The van der Waals surface area contributed by atoms with Gasteiger partial charge in [-0.15, -0.1) is 0 Å². The fraction of sp³-hybridized carbons (Fsp3) is 0.200. The highest BCUT2D eigenvalue weighted by molar-refractivity contribution is 14.1. The smallest absolute Gasteiger partial charge is 0.234 e. The van der Waals surface area contributed by atoms with Gasteiger partial charge in [-0.25, -0.2) is 8.78 Å². The molecule has 0 spiro atoms. The van der Waals surface area contributed by atoms with E-state index in [4.69, 9.17) is 0 Å². The lowest BCUT2D eigenvalue weighted by Crippen LogP contribution is -2.25. The van der Waals surface area contributed by atoms with Gasteiger partial charge in [-0.2, -0.15) is 0 Å². The molecule has 84 valence electrons. The van der Waals surface area contributed by atoms with Gasteiger partial charge in [0.2, 0.25) is 5.91 Å². The van der Waals surface area contributed by atoms with Crippen molar-refractivity contribution in [1.82, 2.24) is 0 Å². The van der Waals surface area contributed by atoms with Crippen LogP contribution < -0.4 is 4.90 Å². The maximum absolute atomic E-state index is 13.0. The summed E-state index contributed by atoms with van der Waals surface area (Å²) >= 11 is 1.80. The molecule has 1 heterocycles. The van der Waals surface area contributed by atoms with E-state index in [2.05, 4.69) is 0 Å². The molecule has 2 rings (SSSR count). The van der Waals surface area contributed by atoms with E-state index in [-0.39, 0.29) is 30.3 Å². The average Bonchev–Trinajstić information content (AvgIpc) is 2.51. The molecule has 0 atom stereocenters. The van der Waals surface area contributed by atoms with Gasteiger partial charge in [-0.1, -0.05) is 0 Å². The number of rotatable bonds is 1. The van der Waals surface area contributed by atoms with Crippen LogP contribution in [0.4, 0.5) is 14.5 Å². The molecule has 0 aromatic heterocycles. The highest BCUT2D eigenvalue weighted by Gasteiger charge is 2.30. The summed E-state index contributed by atoms with van der Waals surface area (Å²) in [5.41, 5.74) is 0.246. The number of nitrogens with zero attached hydrogens (tertiary/aromatic N) is 1. The fourth-order valence-electron chi connectivity index (χ4n) is 1.52. The van der Waals surface area contributed by atoms with E-state index in [0.29, 0.717) is 3.57 Å². The molecule has 1 saturated heterocycles. The summed E-state index contributed by atoms with van der Waals surface area (Å²) in [6, 6.07) is 1.94. The SMILES string of the molecule is O=C1CC(=O)N(c2cc(F)c(F)cc2I)C1. The van der Waals surface area contributed by atoms with Gasteiger partial charge in [0.1, 0.15) is 0 Å². The summed E-state index contributed by atoms with van der Waals surface area (Å²) in [5.74, 6) is -2.59. The summed E-state index contributed by atoms with van der Waals surface area (Å²) < 4.78 is 26.3. The topological polar surface area (TPSA) is 37.4 Å². The van der Waals surface area contributed by atoms with Crippen LogP contribution >= 0.6 is 22.6 Å². The van der Waals surface area contributed by atoms with E-state index < -0.39 is 11.6 Å². The van der Waals surface area contributed by atoms with Crippen molar-refractivity contribution in [1.29, 1.82) is 0 Å². The summed E-state index contributed by atoms with van der Waals surface area (Å²) in [6.07, 6.45) is -0.172. The molecule has 1 fully saturated rings. The number of benzene rings is 1. The lowest BCUT2D eigenvalue weighted by Gasteiger charge is -2.16. The summed E-state index contributed by atoms with van der Waals surface area (Å²) in [6.45, 7) is -0.0695. The molecule has 0 aliphatic carbocycles. The van der Waals surface area contributed by atoms with Crippen LogP contribution in [0, 0.1) is 15.2 Å². The van der Waals surface area contributed by atoms with Crippen molar-refractivity contribution >= 4 is 40.0 Å². The average molecular weight is 337 g/mol. The molecule has 0 saturated carbocycles. The van der Waals surface area contributed by atoms with Gasteiger partial charge in [0, 0.05) is 9.64 Å². The second-order valence-electron chi connectivity index (χ2n) is 3.41. The van der Waals surface area contributed by atoms with E-state index in [9.17, 15) is 18.4 Å². The van der Waals surface area contributed by atoms with E-state index in [1.54, 1.807) is 22.6 Å². The normalized spacial score (nSPS) is 16.1. The van der Waals surface area contributed by atoms with Crippen molar-refractivity contribution in [3.8, 4) is 0 Å². The van der Waals surface area contributed by atoms with Gasteiger partial charge < -0.3 is 4.90 Å². The second kappa shape index (κ2) is 4.08. The number of carbonyl (C=O) groups is 2. The molecule has 0 bridgehead atoms. The number of hydrogen-bond donors (Lipinski definition) is 0. The molecule has 0 unspecified atom stereocenters. The first-order valence-corrected chi connectivity index (χ1v) is 5.53. The first-order valence-electron chi connectivity index (χ1n) is 4.45. The minimum atomic E-state index is -1.03. The number of amides is 1. The van der Waals surface area contributed by atoms with Crippen LogP contribution in [0.5, 0.6) is 0 Å². The zero-order chi connectivity index (χ0) is 11.9. The number of hydrogen-bond acceptors (Lipinski definition) is 2. The molecule has 1 aliphatic rings. The van der Waals surface area contributed by atoms with Crippen molar-refractivity contribution in [2.24, 2.45) is 0 Å². The number of ketones is 1. The van der Waals surface area contributed by atoms with Gasteiger partial charge >= 0.3 is 0 Å². The van der Waals surface area contributed by atoms with Crippen molar-refractivity contribution in [2.45, 2.75) is 6.42 Å². The Bertz CT molecular complexity index is 490. The van der Waals surface area contributed by atoms with Crippen LogP contribution in [0.15, 0.2) is 12.1 Å². The number of carbonyl (C=O) groups excluding carboxylic acids is 2. The predicted octanol–water partition coefficient (Wildman–Crippen LogP) is 1.88. The molecule has 0 radical (unpaired) electrons. The van der Waals surface area contributed by atoms with Crippen LogP contribution in [0.3, 0.4) is 0 Å². The lowest BCUT2D eigenvalue weighted by molar-refractivity contribution is -0.121. The predicted molar refractivity (Wildman–Crippen MR) is 61.1 cm³/mol. The van der Waals surface area contributed by atoms with Crippen molar-refractivity contribution < 1.29 is 18.4 Å². The van der Waals surface area contributed by atoms with E-state index >= 15 is 0 Å². The highest BCUT2D eigenvalue weighted by Crippen LogP contribution is 2.28. The molecule has 6 heteroatoms. The van der Waals surface area contributed by atoms with Crippen LogP contribution in [0.25, 0.3) is 0 Å². The van der Waals surface area contributed by atoms with Crippen LogP contribution in [-0.2, 0) is 9.59 Å². The molecule has 1 amide bonds. The maximum atomic E-state index is 13.0. The summed E-state index contributed by atoms with van der Waals surface area (Å²) in [7, 11) is 0. The fourth-order valence-corrected chi connectivity index (χ4v) is 2.24. The first kappa shape index (κ1) is 11.4. The summed E-state index contributed by atoms with van der Waals surface area (Å²) in [5, 5.41) is 0. The molecule has 1 aliphatic heterocycles. The Hall–Kier alpha value is -1.05. The van der Waals surface area contributed by atoms with Crippen LogP contribution in [0.2, 0.25) is 0 Å². The largest absolute Gasteiger partial charge is 0.303 e. The van der Waals surface area contributed by atoms with E-state index in [1.165, 1.54) is 4.90 Å². The molecule has 0 N–H and O–H groups in total. The third kappa shape index (κ3) is 1.93. The maximum Gasteiger partial charge on any atom is 0.234 e. The Morgan fingerprint density at radius 2 is 1.81 bits per heavy atom. The summed E-state index contributed by atoms with van der Waals surface area (Å²) in [4.78, 5) is 23.7. The monoisotopic (exact) mass is 337 g/mol. The Morgan fingerprint density at radius 3 is 2.38 bits per heavy atom. The molecule has 3 nitrogen and oxygen atoms in total. The van der Waals surface area contributed by atoms with Crippen molar-refractivity contribution in [3.63, 3.8) is 0 Å². The zero-order valence-corrected chi connectivity index (χ0v) is 10.1. The quantitative estimate of drug-likeness (QED) is 0.446. The van der Waals surface area contributed by atoms with E-state index in [0.717, 1.165) is 12.1 Å². The Morgan fingerprint density at radius 1 is 1.19 bits per heavy atom. The lowest BCUT2D eigenvalue weighted by atomic mass is 10.3. The minimum absolute atomic E-state index is 0.0695. The number of anilines is 1.